The Morgan fingerprint density at radius 2 is 1.95 bits per heavy atom. The number of carbonyl (C=O) groups excluding carboxylic acids is 1. The quantitative estimate of drug-likeness (QED) is 0.759. The van der Waals surface area contributed by atoms with Crippen molar-refractivity contribution in [2.75, 3.05) is 0 Å². The van der Waals surface area contributed by atoms with Crippen molar-refractivity contribution in [3.05, 3.63) is 21.4 Å². The Morgan fingerprint density at radius 1 is 1.25 bits per heavy atom. The smallest absolute Gasteiger partial charge is 0.326 e. The molecule has 7 heteroatoms. The molecule has 1 aliphatic rings. The number of hydrogen-bond acceptors (Lipinski definition) is 4. The molecule has 0 fully saturated rings. The standard InChI is InChI=1S/C13H15NO5S/c15-11(16)6-8(13(18)19)14-12(17)10-5-7-3-1-2-4-9(7)20-10/h5,8H,1-4,6H2,(H,14,17)(H,15,16)(H,18,19)/t8-/m1/s1. The van der Waals surface area contributed by atoms with Crippen LogP contribution in [0.4, 0.5) is 0 Å². The molecule has 0 aliphatic heterocycles. The van der Waals surface area contributed by atoms with Crippen molar-refractivity contribution < 1.29 is 24.6 Å². The Morgan fingerprint density at radius 3 is 2.55 bits per heavy atom. The molecule has 0 aromatic carbocycles. The van der Waals surface area contributed by atoms with E-state index in [2.05, 4.69) is 5.32 Å². The summed E-state index contributed by atoms with van der Waals surface area (Å²) in [6, 6.07) is 0.382. The van der Waals surface area contributed by atoms with Crippen molar-refractivity contribution in [2.24, 2.45) is 0 Å². The maximum absolute atomic E-state index is 12.0. The van der Waals surface area contributed by atoms with E-state index < -0.39 is 30.3 Å². The minimum Gasteiger partial charge on any atom is -0.481 e. The summed E-state index contributed by atoms with van der Waals surface area (Å²) in [6.45, 7) is 0. The predicted molar refractivity (Wildman–Crippen MR) is 72.1 cm³/mol. The molecule has 1 aromatic heterocycles. The molecule has 0 bridgehead atoms. The zero-order valence-electron chi connectivity index (χ0n) is 10.7. The van der Waals surface area contributed by atoms with Crippen molar-refractivity contribution in [2.45, 2.75) is 38.1 Å². The molecule has 6 nitrogen and oxygen atoms in total. The molecule has 0 saturated carbocycles. The van der Waals surface area contributed by atoms with Gasteiger partial charge in [0.05, 0.1) is 11.3 Å². The van der Waals surface area contributed by atoms with E-state index in [-0.39, 0.29) is 0 Å². The second-order valence-electron chi connectivity index (χ2n) is 4.73. The zero-order valence-corrected chi connectivity index (χ0v) is 11.5. The summed E-state index contributed by atoms with van der Waals surface area (Å²) in [5.41, 5.74) is 1.15. The molecule has 2 rings (SSSR count). The SMILES string of the molecule is O=C(O)C[C@@H](NC(=O)c1cc2c(s1)CCCC2)C(=O)O. The van der Waals surface area contributed by atoms with Gasteiger partial charge in [-0.3, -0.25) is 9.59 Å². The summed E-state index contributed by atoms with van der Waals surface area (Å²) in [4.78, 5) is 35.1. The van der Waals surface area contributed by atoms with Gasteiger partial charge in [0, 0.05) is 4.88 Å². The molecule has 3 N–H and O–H groups in total. The van der Waals surface area contributed by atoms with Crippen molar-refractivity contribution >= 4 is 29.2 Å². The second kappa shape index (κ2) is 6.04. The van der Waals surface area contributed by atoms with Crippen LogP contribution >= 0.6 is 11.3 Å². The normalized spacial score (nSPS) is 15.2. The minimum absolute atomic E-state index is 0.452. The molecule has 108 valence electrons. The average molecular weight is 297 g/mol. The number of carbonyl (C=O) groups is 3. The van der Waals surface area contributed by atoms with Gasteiger partial charge in [-0.2, -0.15) is 0 Å². The van der Waals surface area contributed by atoms with E-state index in [0.717, 1.165) is 31.2 Å². The molecule has 0 saturated heterocycles. The van der Waals surface area contributed by atoms with Crippen LogP contribution < -0.4 is 5.32 Å². The molecule has 1 heterocycles. The van der Waals surface area contributed by atoms with E-state index in [1.54, 1.807) is 6.07 Å². The fraction of sp³-hybridized carbons (Fsp3) is 0.462. The number of fused-ring (bicyclic) bond motifs is 1. The van der Waals surface area contributed by atoms with Gasteiger partial charge in [0.1, 0.15) is 6.04 Å². The number of carboxylic acids is 2. The summed E-state index contributed by atoms with van der Waals surface area (Å²) >= 11 is 1.36. The number of aryl methyl sites for hydroxylation is 2. The van der Waals surface area contributed by atoms with Gasteiger partial charge in [-0.25, -0.2) is 4.79 Å². The van der Waals surface area contributed by atoms with Crippen LogP contribution in [0.3, 0.4) is 0 Å². The van der Waals surface area contributed by atoms with Gasteiger partial charge in [0.2, 0.25) is 0 Å². The lowest BCUT2D eigenvalue weighted by molar-refractivity contribution is -0.145. The molecule has 0 radical (unpaired) electrons. The number of rotatable bonds is 5. The number of carboxylic acid groups (broad SMARTS) is 2. The van der Waals surface area contributed by atoms with Crippen LogP contribution in [-0.2, 0) is 22.4 Å². The highest BCUT2D eigenvalue weighted by molar-refractivity contribution is 7.14. The van der Waals surface area contributed by atoms with E-state index >= 15 is 0 Å². The molecule has 1 atom stereocenters. The molecule has 1 aliphatic carbocycles. The van der Waals surface area contributed by atoms with E-state index in [9.17, 15) is 14.4 Å². The van der Waals surface area contributed by atoms with Gasteiger partial charge < -0.3 is 15.5 Å². The van der Waals surface area contributed by atoms with Gasteiger partial charge in [-0.05, 0) is 37.3 Å². The summed E-state index contributed by atoms with van der Waals surface area (Å²) in [7, 11) is 0. The molecule has 1 amide bonds. The monoisotopic (exact) mass is 297 g/mol. The first-order chi connectivity index (χ1) is 9.47. The first-order valence-electron chi connectivity index (χ1n) is 6.34. The van der Waals surface area contributed by atoms with Gasteiger partial charge >= 0.3 is 11.9 Å². The first-order valence-corrected chi connectivity index (χ1v) is 7.16. The largest absolute Gasteiger partial charge is 0.481 e. The number of hydrogen-bond donors (Lipinski definition) is 3. The summed E-state index contributed by atoms with van der Waals surface area (Å²) in [5, 5.41) is 19.8. The minimum atomic E-state index is -1.40. The summed E-state index contributed by atoms with van der Waals surface area (Å²) in [6.07, 6.45) is 3.46. The van der Waals surface area contributed by atoms with Crippen LogP contribution in [0.15, 0.2) is 6.07 Å². The fourth-order valence-electron chi connectivity index (χ4n) is 2.21. The highest BCUT2D eigenvalue weighted by Gasteiger charge is 2.25. The van der Waals surface area contributed by atoms with E-state index in [1.165, 1.54) is 16.2 Å². The Kier molecular flexibility index (Phi) is 4.39. The lowest BCUT2D eigenvalue weighted by atomic mass is 9.99. The third-order valence-electron chi connectivity index (χ3n) is 3.20. The van der Waals surface area contributed by atoms with E-state index in [4.69, 9.17) is 10.2 Å². The summed E-state index contributed by atoms with van der Waals surface area (Å²) < 4.78 is 0. The van der Waals surface area contributed by atoms with Crippen LogP contribution in [-0.4, -0.2) is 34.1 Å². The molecule has 20 heavy (non-hydrogen) atoms. The van der Waals surface area contributed by atoms with E-state index in [1.807, 2.05) is 0 Å². The van der Waals surface area contributed by atoms with Crippen molar-refractivity contribution in [3.63, 3.8) is 0 Å². The maximum Gasteiger partial charge on any atom is 0.326 e. The van der Waals surface area contributed by atoms with Crippen LogP contribution in [0.1, 0.15) is 39.4 Å². The number of thiophene rings is 1. The lowest BCUT2D eigenvalue weighted by Crippen LogP contribution is -2.41. The molecular weight excluding hydrogens is 282 g/mol. The Balaban J connectivity index is 2.08. The van der Waals surface area contributed by atoms with Gasteiger partial charge in [-0.1, -0.05) is 0 Å². The van der Waals surface area contributed by atoms with Gasteiger partial charge in [0.25, 0.3) is 5.91 Å². The average Bonchev–Trinajstić information content (AvgIpc) is 2.81. The topological polar surface area (TPSA) is 104 Å². The Bertz CT molecular complexity index is 527. The molecule has 0 unspecified atom stereocenters. The number of aliphatic carboxylic acids is 2. The van der Waals surface area contributed by atoms with Crippen LogP contribution in [0, 0.1) is 0 Å². The predicted octanol–water partition coefficient (Wildman–Crippen LogP) is 1.28. The molecule has 1 aromatic rings. The van der Waals surface area contributed by atoms with E-state index in [0.29, 0.717) is 4.88 Å². The van der Waals surface area contributed by atoms with Crippen LogP contribution in [0.25, 0.3) is 0 Å². The Hall–Kier alpha value is -1.89. The van der Waals surface area contributed by atoms with Crippen LogP contribution in [0.5, 0.6) is 0 Å². The first kappa shape index (κ1) is 14.5. The maximum atomic E-state index is 12.0. The number of nitrogens with one attached hydrogen (secondary N) is 1. The molecule has 0 spiro atoms. The van der Waals surface area contributed by atoms with Gasteiger partial charge in [-0.15, -0.1) is 11.3 Å². The van der Waals surface area contributed by atoms with Crippen LogP contribution in [0.2, 0.25) is 0 Å². The second-order valence-corrected chi connectivity index (χ2v) is 5.87. The lowest BCUT2D eigenvalue weighted by Gasteiger charge is -2.11. The zero-order chi connectivity index (χ0) is 14.7. The van der Waals surface area contributed by atoms with Crippen molar-refractivity contribution in [3.8, 4) is 0 Å². The third-order valence-corrected chi connectivity index (χ3v) is 4.44. The summed E-state index contributed by atoms with van der Waals surface area (Å²) in [5.74, 6) is -3.12. The molecular formula is C13H15NO5S. The highest BCUT2D eigenvalue weighted by Crippen LogP contribution is 2.29. The van der Waals surface area contributed by atoms with Crippen molar-refractivity contribution in [1.29, 1.82) is 0 Å². The number of amides is 1. The Labute approximate surface area is 119 Å². The van der Waals surface area contributed by atoms with Crippen molar-refractivity contribution in [1.82, 2.24) is 5.32 Å². The third kappa shape index (κ3) is 3.36. The fourth-order valence-corrected chi connectivity index (χ4v) is 3.36. The van der Waals surface area contributed by atoms with Gasteiger partial charge in [0.15, 0.2) is 0 Å². The highest BCUT2D eigenvalue weighted by atomic mass is 32.1.